The summed E-state index contributed by atoms with van der Waals surface area (Å²) in [5, 5.41) is 0. The zero-order chi connectivity index (χ0) is 25.8. The Hall–Kier alpha value is -4.91. The zero-order valence-corrected chi connectivity index (χ0v) is 20.4. The number of esters is 1. The summed E-state index contributed by atoms with van der Waals surface area (Å²) < 4.78 is 10.8. The van der Waals surface area contributed by atoms with Gasteiger partial charge >= 0.3 is 5.97 Å². The zero-order valence-electron chi connectivity index (χ0n) is 20.4. The predicted octanol–water partition coefficient (Wildman–Crippen LogP) is 6.15. The Kier molecular flexibility index (Phi) is 6.68. The summed E-state index contributed by atoms with van der Waals surface area (Å²) in [4.78, 5) is 35.9. The number of hydrogen-bond donors (Lipinski definition) is 1. The van der Waals surface area contributed by atoms with Crippen LogP contribution in [0.4, 0.5) is 11.4 Å². The number of rotatable bonds is 7. The molecule has 1 amide bonds. The van der Waals surface area contributed by atoms with Crippen LogP contribution in [0.5, 0.6) is 5.75 Å². The highest BCUT2D eigenvalue weighted by Crippen LogP contribution is 2.27. The highest BCUT2D eigenvalue weighted by Gasteiger charge is 2.27. The monoisotopic (exact) mass is 491 g/mol. The fraction of sp³-hybridized carbons (Fsp3) is 0.100. The number of nitrogens with one attached hydrogen (secondary N) is 1. The van der Waals surface area contributed by atoms with E-state index in [2.05, 4.69) is 9.97 Å². The molecule has 5 aromatic rings. The van der Waals surface area contributed by atoms with Crippen molar-refractivity contribution in [3.05, 3.63) is 109 Å². The minimum atomic E-state index is -1.01. The fourth-order valence-corrected chi connectivity index (χ4v) is 4.04. The molecule has 1 aromatic heterocycles. The van der Waals surface area contributed by atoms with Crippen LogP contribution in [0.3, 0.4) is 0 Å². The second kappa shape index (κ2) is 10.4. The first kappa shape index (κ1) is 23.8. The van der Waals surface area contributed by atoms with Gasteiger partial charge in [-0.25, -0.2) is 9.78 Å². The van der Waals surface area contributed by atoms with Crippen LogP contribution in [-0.2, 0) is 9.53 Å². The predicted molar refractivity (Wildman–Crippen MR) is 143 cm³/mol. The van der Waals surface area contributed by atoms with E-state index in [1.807, 2.05) is 84.9 Å². The van der Waals surface area contributed by atoms with Crippen LogP contribution in [0.15, 0.2) is 103 Å². The number of aromatic amines is 1. The lowest BCUT2D eigenvalue weighted by molar-refractivity contribution is -0.125. The first-order chi connectivity index (χ1) is 18.0. The van der Waals surface area contributed by atoms with E-state index in [9.17, 15) is 9.59 Å². The summed E-state index contributed by atoms with van der Waals surface area (Å²) in [6, 6.07) is 31.2. The lowest BCUT2D eigenvalue weighted by atomic mass is 10.2. The summed E-state index contributed by atoms with van der Waals surface area (Å²) in [6.45, 7) is 1.58. The van der Waals surface area contributed by atoms with E-state index in [4.69, 9.17) is 9.47 Å². The summed E-state index contributed by atoms with van der Waals surface area (Å²) in [7, 11) is 1.62. The quantitative estimate of drug-likeness (QED) is 0.276. The number of anilines is 2. The number of carbonyl (C=O) groups is 2. The summed E-state index contributed by atoms with van der Waals surface area (Å²) in [6.07, 6.45) is -1.01. The normalized spacial score (nSPS) is 11.6. The van der Waals surface area contributed by atoms with Gasteiger partial charge < -0.3 is 14.5 Å². The van der Waals surface area contributed by atoms with E-state index < -0.39 is 12.1 Å². The smallest absolute Gasteiger partial charge is 0.338 e. The second-order valence-corrected chi connectivity index (χ2v) is 8.44. The molecule has 1 unspecified atom stereocenters. The van der Waals surface area contributed by atoms with Crippen LogP contribution in [0.25, 0.3) is 22.4 Å². The van der Waals surface area contributed by atoms with Crippen molar-refractivity contribution in [3.8, 4) is 17.1 Å². The van der Waals surface area contributed by atoms with Gasteiger partial charge in [-0.1, -0.05) is 36.4 Å². The Morgan fingerprint density at radius 1 is 0.838 bits per heavy atom. The third-order valence-electron chi connectivity index (χ3n) is 5.96. The average Bonchev–Trinajstić information content (AvgIpc) is 3.38. The van der Waals surface area contributed by atoms with Crippen molar-refractivity contribution in [2.45, 2.75) is 13.0 Å². The molecule has 1 N–H and O–H groups in total. The number of ether oxygens (including phenoxy) is 2. The number of imidazole rings is 1. The number of hydrogen-bond acceptors (Lipinski definition) is 5. The number of benzene rings is 4. The van der Waals surface area contributed by atoms with Gasteiger partial charge in [0.1, 0.15) is 11.6 Å². The minimum Gasteiger partial charge on any atom is -0.497 e. The SMILES string of the molecule is COc1ccc(-c2nc3ccc(C(=O)OC(C)C(=O)N(c4ccccc4)c4ccccc4)cc3[nH]2)cc1. The first-order valence-electron chi connectivity index (χ1n) is 11.8. The lowest BCUT2D eigenvalue weighted by Gasteiger charge is -2.26. The molecule has 7 heteroatoms. The Labute approximate surface area is 214 Å². The molecule has 0 spiro atoms. The van der Waals surface area contributed by atoms with E-state index in [1.54, 1.807) is 37.1 Å². The molecule has 0 aliphatic heterocycles. The van der Waals surface area contributed by atoms with Crippen LogP contribution in [0.1, 0.15) is 17.3 Å². The molecule has 0 bridgehead atoms. The number of para-hydroxylation sites is 2. The molecule has 0 aliphatic rings. The maximum absolute atomic E-state index is 13.5. The van der Waals surface area contributed by atoms with Crippen molar-refractivity contribution < 1.29 is 19.1 Å². The molecular formula is C30H25N3O4. The van der Waals surface area contributed by atoms with Crippen molar-refractivity contribution in [3.63, 3.8) is 0 Å². The number of fused-ring (bicyclic) bond motifs is 1. The minimum absolute atomic E-state index is 0.322. The van der Waals surface area contributed by atoms with Crippen molar-refractivity contribution >= 4 is 34.3 Å². The van der Waals surface area contributed by atoms with Gasteiger partial charge in [-0.05, 0) is 73.7 Å². The molecule has 7 nitrogen and oxygen atoms in total. The molecule has 0 saturated carbocycles. The molecule has 5 rings (SSSR count). The standard InChI is InChI=1S/C30H25N3O4/c1-20(29(34)33(23-9-5-3-6-10-23)24-11-7-4-8-12-24)37-30(35)22-15-18-26-27(19-22)32-28(31-26)21-13-16-25(36-2)17-14-21/h3-20H,1-2H3,(H,31,32). The molecule has 4 aromatic carbocycles. The fourth-order valence-electron chi connectivity index (χ4n) is 4.04. The third kappa shape index (κ3) is 5.06. The maximum Gasteiger partial charge on any atom is 0.338 e. The molecule has 0 aliphatic carbocycles. The van der Waals surface area contributed by atoms with Gasteiger partial charge in [-0.2, -0.15) is 0 Å². The van der Waals surface area contributed by atoms with Gasteiger partial charge in [0.25, 0.3) is 5.91 Å². The largest absolute Gasteiger partial charge is 0.497 e. The highest BCUT2D eigenvalue weighted by molar-refractivity contribution is 6.04. The maximum atomic E-state index is 13.5. The van der Waals surface area contributed by atoms with E-state index >= 15 is 0 Å². The highest BCUT2D eigenvalue weighted by atomic mass is 16.5. The molecule has 0 saturated heterocycles. The third-order valence-corrected chi connectivity index (χ3v) is 5.96. The number of methoxy groups -OCH3 is 1. The van der Waals surface area contributed by atoms with Gasteiger partial charge in [0.15, 0.2) is 6.10 Å². The van der Waals surface area contributed by atoms with Crippen molar-refractivity contribution in [1.82, 2.24) is 9.97 Å². The van der Waals surface area contributed by atoms with Gasteiger partial charge in [-0.15, -0.1) is 0 Å². The Bertz CT molecular complexity index is 1490. The van der Waals surface area contributed by atoms with Crippen molar-refractivity contribution in [2.24, 2.45) is 0 Å². The number of nitrogens with zero attached hydrogens (tertiary/aromatic N) is 2. The first-order valence-corrected chi connectivity index (χ1v) is 11.8. The lowest BCUT2D eigenvalue weighted by Crippen LogP contribution is -2.37. The van der Waals surface area contributed by atoms with Crippen LogP contribution in [0, 0.1) is 0 Å². The molecule has 0 radical (unpaired) electrons. The summed E-state index contributed by atoms with van der Waals surface area (Å²) >= 11 is 0. The number of aromatic nitrogens is 2. The van der Waals surface area contributed by atoms with Crippen LogP contribution in [0.2, 0.25) is 0 Å². The number of carbonyl (C=O) groups excluding carboxylic acids is 2. The summed E-state index contributed by atoms with van der Waals surface area (Å²) in [5.74, 6) is 0.485. The van der Waals surface area contributed by atoms with E-state index in [0.29, 0.717) is 33.8 Å². The van der Waals surface area contributed by atoms with Crippen molar-refractivity contribution in [2.75, 3.05) is 12.0 Å². The summed E-state index contributed by atoms with van der Waals surface area (Å²) in [5.41, 5.74) is 3.99. The second-order valence-electron chi connectivity index (χ2n) is 8.44. The molecule has 184 valence electrons. The Balaban J connectivity index is 1.35. The van der Waals surface area contributed by atoms with Gasteiger partial charge in [0, 0.05) is 16.9 Å². The Morgan fingerprint density at radius 2 is 1.46 bits per heavy atom. The molecule has 37 heavy (non-hydrogen) atoms. The van der Waals surface area contributed by atoms with E-state index in [0.717, 1.165) is 11.3 Å². The molecule has 1 atom stereocenters. The topological polar surface area (TPSA) is 84.5 Å². The van der Waals surface area contributed by atoms with Gasteiger partial charge in [-0.3, -0.25) is 9.69 Å². The van der Waals surface area contributed by atoms with E-state index in [1.165, 1.54) is 0 Å². The molecule has 0 fully saturated rings. The van der Waals surface area contributed by atoms with Crippen molar-refractivity contribution in [1.29, 1.82) is 0 Å². The van der Waals surface area contributed by atoms with Crippen LogP contribution >= 0.6 is 0 Å². The Morgan fingerprint density at radius 3 is 2.05 bits per heavy atom. The van der Waals surface area contributed by atoms with Crippen LogP contribution < -0.4 is 9.64 Å². The average molecular weight is 492 g/mol. The van der Waals surface area contributed by atoms with Crippen LogP contribution in [-0.4, -0.2) is 35.1 Å². The number of H-pyrrole nitrogens is 1. The van der Waals surface area contributed by atoms with Gasteiger partial charge in [0.2, 0.25) is 0 Å². The van der Waals surface area contributed by atoms with Gasteiger partial charge in [0.05, 0.1) is 23.7 Å². The molecular weight excluding hydrogens is 466 g/mol. The van der Waals surface area contributed by atoms with E-state index in [-0.39, 0.29) is 5.91 Å². The molecule has 1 heterocycles. The number of amides is 1.